The van der Waals surface area contributed by atoms with Crippen LogP contribution in [0.2, 0.25) is 0 Å². The Balaban J connectivity index is 1.65. The van der Waals surface area contributed by atoms with Gasteiger partial charge in [-0.05, 0) is 49.8 Å². The lowest BCUT2D eigenvalue weighted by Crippen LogP contribution is -2.43. The summed E-state index contributed by atoms with van der Waals surface area (Å²) in [4.78, 5) is 2.37. The lowest BCUT2D eigenvalue weighted by atomic mass is 9.84. The number of aryl methyl sites for hydroxylation is 1. The summed E-state index contributed by atoms with van der Waals surface area (Å²) in [5.41, 5.74) is 2.44. The largest absolute Gasteiger partial charge is 0.387 e. The van der Waals surface area contributed by atoms with Gasteiger partial charge in [0, 0.05) is 25.8 Å². The molecule has 2 atom stereocenters. The van der Waals surface area contributed by atoms with Crippen molar-refractivity contribution in [1.29, 1.82) is 0 Å². The Bertz CT molecular complexity index is 442. The van der Waals surface area contributed by atoms with Gasteiger partial charge in [-0.15, -0.1) is 0 Å². The molecule has 1 fully saturated rings. The molecule has 110 valence electrons. The molecule has 1 N–H and O–H groups in total. The van der Waals surface area contributed by atoms with Crippen LogP contribution in [0.1, 0.15) is 36.5 Å². The maximum atomic E-state index is 10.7. The van der Waals surface area contributed by atoms with Crippen molar-refractivity contribution < 1.29 is 9.84 Å². The smallest absolute Gasteiger partial charge is 0.0947 e. The quantitative estimate of drug-likeness (QED) is 0.919. The molecule has 2 unspecified atom stereocenters. The fourth-order valence-corrected chi connectivity index (χ4v) is 3.65. The molecular weight excluding hydrogens is 250 g/mol. The second kappa shape index (κ2) is 6.25. The third kappa shape index (κ3) is 2.90. The first-order valence-corrected chi connectivity index (χ1v) is 7.79. The lowest BCUT2D eigenvalue weighted by Gasteiger charge is -2.38. The molecule has 1 aliphatic heterocycles. The number of rotatable bonds is 3. The second-order valence-corrected chi connectivity index (χ2v) is 6.24. The summed E-state index contributed by atoms with van der Waals surface area (Å²) < 4.78 is 5.43. The van der Waals surface area contributed by atoms with E-state index in [2.05, 4.69) is 30.1 Å². The first-order valence-electron chi connectivity index (χ1n) is 7.79. The number of hydrogen-bond donors (Lipinski definition) is 1. The van der Waals surface area contributed by atoms with Crippen molar-refractivity contribution in [3.8, 4) is 0 Å². The molecule has 20 heavy (non-hydrogen) atoms. The van der Waals surface area contributed by atoms with Crippen LogP contribution in [0, 0.1) is 5.92 Å². The van der Waals surface area contributed by atoms with Crippen LogP contribution < -0.4 is 0 Å². The molecule has 0 amide bonds. The second-order valence-electron chi connectivity index (χ2n) is 6.24. The Hall–Kier alpha value is -0.900. The fourth-order valence-electron chi connectivity index (χ4n) is 3.65. The summed E-state index contributed by atoms with van der Waals surface area (Å²) in [5.74, 6) is 0.720. The number of aliphatic hydroxyl groups excluding tert-OH is 1. The van der Waals surface area contributed by atoms with Crippen LogP contribution in [0.4, 0.5) is 0 Å². The van der Waals surface area contributed by atoms with Crippen LogP contribution in [0.5, 0.6) is 0 Å². The first-order chi connectivity index (χ1) is 9.75. The van der Waals surface area contributed by atoms with E-state index in [1.165, 1.54) is 5.56 Å². The zero-order valence-corrected chi connectivity index (χ0v) is 12.3. The Kier molecular flexibility index (Phi) is 4.39. The first kappa shape index (κ1) is 14.1. The van der Waals surface area contributed by atoms with Crippen molar-refractivity contribution in [2.45, 2.75) is 37.8 Å². The molecule has 0 spiro atoms. The van der Waals surface area contributed by atoms with Gasteiger partial charge in [-0.25, -0.2) is 0 Å². The topological polar surface area (TPSA) is 32.7 Å². The minimum Gasteiger partial charge on any atom is -0.387 e. The van der Waals surface area contributed by atoms with Gasteiger partial charge in [-0.1, -0.05) is 24.3 Å². The van der Waals surface area contributed by atoms with Crippen molar-refractivity contribution in [2.24, 2.45) is 5.92 Å². The predicted octanol–water partition coefficient (Wildman–Crippen LogP) is 2.39. The van der Waals surface area contributed by atoms with Crippen LogP contribution in [0.25, 0.3) is 0 Å². The molecule has 2 aliphatic rings. The molecule has 3 nitrogen and oxygen atoms in total. The molecule has 0 radical (unpaired) electrons. The number of fused-ring (bicyclic) bond motifs is 1. The van der Waals surface area contributed by atoms with Gasteiger partial charge in [0.05, 0.1) is 6.10 Å². The molecule has 1 aromatic rings. The zero-order chi connectivity index (χ0) is 13.9. The monoisotopic (exact) mass is 275 g/mol. The number of aliphatic hydroxyl groups is 1. The van der Waals surface area contributed by atoms with E-state index in [0.717, 1.165) is 56.9 Å². The number of benzene rings is 1. The molecule has 3 rings (SSSR count). The van der Waals surface area contributed by atoms with E-state index >= 15 is 0 Å². The normalized spacial score (nSPS) is 27.6. The van der Waals surface area contributed by atoms with E-state index in [1.54, 1.807) is 0 Å². The molecule has 0 saturated carbocycles. The Morgan fingerprint density at radius 1 is 1.20 bits per heavy atom. The van der Waals surface area contributed by atoms with Crippen LogP contribution in [0.15, 0.2) is 24.3 Å². The minimum absolute atomic E-state index is 0.257. The average molecular weight is 275 g/mol. The Morgan fingerprint density at radius 3 is 2.75 bits per heavy atom. The van der Waals surface area contributed by atoms with E-state index in [1.807, 2.05) is 6.07 Å². The molecule has 1 saturated heterocycles. The highest BCUT2D eigenvalue weighted by atomic mass is 16.5. The highest BCUT2D eigenvalue weighted by Gasteiger charge is 2.31. The average Bonchev–Trinajstić information content (AvgIpc) is 2.49. The summed E-state index contributed by atoms with van der Waals surface area (Å²) in [5, 5.41) is 10.7. The third-order valence-corrected chi connectivity index (χ3v) is 4.90. The number of nitrogens with zero attached hydrogens (tertiary/aromatic N) is 1. The minimum atomic E-state index is -0.343. The van der Waals surface area contributed by atoms with Gasteiger partial charge in [-0.3, -0.25) is 0 Å². The number of likely N-dealkylation sites (N-methyl/N-ethyl adjacent to an activating group) is 1. The third-order valence-electron chi connectivity index (χ3n) is 4.90. The SMILES string of the molecule is CN(CC1CCOCC1)C1CCc2ccccc2C1O. The zero-order valence-electron chi connectivity index (χ0n) is 12.3. The van der Waals surface area contributed by atoms with Crippen LogP contribution >= 0.6 is 0 Å². The van der Waals surface area contributed by atoms with E-state index in [-0.39, 0.29) is 12.1 Å². The molecule has 3 heteroatoms. The van der Waals surface area contributed by atoms with Crippen molar-refractivity contribution in [2.75, 3.05) is 26.8 Å². The summed E-state index contributed by atoms with van der Waals surface area (Å²) in [6, 6.07) is 8.58. The van der Waals surface area contributed by atoms with Crippen molar-refractivity contribution >= 4 is 0 Å². The number of hydrogen-bond acceptors (Lipinski definition) is 3. The van der Waals surface area contributed by atoms with Gasteiger partial charge < -0.3 is 14.7 Å². The Morgan fingerprint density at radius 2 is 1.95 bits per heavy atom. The van der Waals surface area contributed by atoms with Gasteiger partial charge >= 0.3 is 0 Å². The van der Waals surface area contributed by atoms with Gasteiger partial charge in [0.1, 0.15) is 0 Å². The summed E-state index contributed by atoms with van der Waals surface area (Å²) in [6.45, 7) is 2.87. The molecular formula is C17H25NO2. The van der Waals surface area contributed by atoms with Gasteiger partial charge in [-0.2, -0.15) is 0 Å². The maximum absolute atomic E-state index is 10.7. The van der Waals surface area contributed by atoms with Crippen molar-refractivity contribution in [3.05, 3.63) is 35.4 Å². The van der Waals surface area contributed by atoms with Crippen molar-refractivity contribution in [3.63, 3.8) is 0 Å². The fraction of sp³-hybridized carbons (Fsp3) is 0.647. The van der Waals surface area contributed by atoms with Gasteiger partial charge in [0.2, 0.25) is 0 Å². The van der Waals surface area contributed by atoms with E-state index < -0.39 is 0 Å². The standard InChI is InChI=1S/C17H25NO2/c1-18(12-13-8-10-20-11-9-13)16-7-6-14-4-2-3-5-15(14)17(16)19/h2-5,13,16-17,19H,6-12H2,1H3. The van der Waals surface area contributed by atoms with Crippen LogP contribution in [-0.4, -0.2) is 42.9 Å². The predicted molar refractivity (Wildman–Crippen MR) is 79.7 cm³/mol. The molecule has 0 bridgehead atoms. The lowest BCUT2D eigenvalue weighted by molar-refractivity contribution is 0.0176. The van der Waals surface area contributed by atoms with Crippen LogP contribution in [0.3, 0.4) is 0 Å². The summed E-state index contributed by atoms with van der Waals surface area (Å²) in [7, 11) is 2.16. The molecule has 0 aromatic heterocycles. The van der Waals surface area contributed by atoms with Crippen LogP contribution in [-0.2, 0) is 11.2 Å². The molecule has 1 aliphatic carbocycles. The number of ether oxygens (including phenoxy) is 1. The summed E-state index contributed by atoms with van der Waals surface area (Å²) in [6.07, 6.45) is 4.10. The molecule has 1 heterocycles. The van der Waals surface area contributed by atoms with Gasteiger partial charge in [0.25, 0.3) is 0 Å². The highest BCUT2D eigenvalue weighted by molar-refractivity contribution is 5.32. The van der Waals surface area contributed by atoms with Gasteiger partial charge in [0.15, 0.2) is 0 Å². The highest BCUT2D eigenvalue weighted by Crippen LogP contribution is 2.33. The maximum Gasteiger partial charge on any atom is 0.0947 e. The Labute approximate surface area is 121 Å². The van der Waals surface area contributed by atoms with Crippen molar-refractivity contribution in [1.82, 2.24) is 4.90 Å². The van der Waals surface area contributed by atoms with E-state index in [9.17, 15) is 5.11 Å². The van der Waals surface area contributed by atoms with E-state index in [0.29, 0.717) is 0 Å². The van der Waals surface area contributed by atoms with E-state index in [4.69, 9.17) is 4.74 Å². The summed E-state index contributed by atoms with van der Waals surface area (Å²) >= 11 is 0. The molecule has 1 aromatic carbocycles.